The van der Waals surface area contributed by atoms with Crippen LogP contribution in [0.15, 0.2) is 16.7 Å². The maximum absolute atomic E-state index is 5.90. The van der Waals surface area contributed by atoms with Gasteiger partial charge in [0.05, 0.1) is 6.10 Å². The van der Waals surface area contributed by atoms with Gasteiger partial charge in [0, 0.05) is 34.9 Å². The van der Waals surface area contributed by atoms with Crippen LogP contribution in [0.3, 0.4) is 0 Å². The summed E-state index contributed by atoms with van der Waals surface area (Å²) in [6.45, 7) is 8.60. The van der Waals surface area contributed by atoms with Crippen molar-refractivity contribution in [1.82, 2.24) is 10.3 Å². The Kier molecular flexibility index (Phi) is 6.02. The van der Waals surface area contributed by atoms with Crippen molar-refractivity contribution in [2.75, 3.05) is 13.2 Å². The predicted octanol–water partition coefficient (Wildman–Crippen LogP) is 3.68. The SMILES string of the molecule is CC(C)(C)NCc1cc(Br)cnc1OCC1CCCCO1. The number of nitrogens with zero attached hydrogens (tertiary/aromatic N) is 1. The van der Waals surface area contributed by atoms with Crippen molar-refractivity contribution in [2.24, 2.45) is 0 Å². The van der Waals surface area contributed by atoms with E-state index in [9.17, 15) is 0 Å². The summed E-state index contributed by atoms with van der Waals surface area (Å²) in [6.07, 6.45) is 5.44. The fourth-order valence-electron chi connectivity index (χ4n) is 2.20. The molecular formula is C16H25BrN2O2. The van der Waals surface area contributed by atoms with Gasteiger partial charge in [0.15, 0.2) is 0 Å². The number of nitrogens with one attached hydrogen (secondary N) is 1. The van der Waals surface area contributed by atoms with Gasteiger partial charge in [-0.05, 0) is 62.0 Å². The standard InChI is InChI=1S/C16H25BrN2O2/c1-16(2,3)19-9-12-8-13(17)10-18-15(12)21-11-14-6-4-5-7-20-14/h8,10,14,19H,4-7,9,11H2,1-3H3. The molecule has 1 saturated heterocycles. The summed E-state index contributed by atoms with van der Waals surface area (Å²) in [5, 5.41) is 3.47. The smallest absolute Gasteiger partial charge is 0.217 e. The zero-order chi connectivity index (χ0) is 15.3. The molecule has 1 unspecified atom stereocenters. The normalized spacial score (nSPS) is 19.5. The highest BCUT2D eigenvalue weighted by Gasteiger charge is 2.17. The van der Waals surface area contributed by atoms with Crippen molar-refractivity contribution in [3.63, 3.8) is 0 Å². The van der Waals surface area contributed by atoms with E-state index in [0.29, 0.717) is 12.5 Å². The first-order valence-corrected chi connectivity index (χ1v) is 8.37. The molecule has 0 bridgehead atoms. The molecule has 0 amide bonds. The van der Waals surface area contributed by atoms with E-state index in [1.54, 1.807) is 6.20 Å². The Labute approximate surface area is 135 Å². The highest BCUT2D eigenvalue weighted by atomic mass is 79.9. The van der Waals surface area contributed by atoms with Crippen LogP contribution in [0.25, 0.3) is 0 Å². The average molecular weight is 357 g/mol. The third-order valence-electron chi connectivity index (χ3n) is 3.38. The van der Waals surface area contributed by atoms with Gasteiger partial charge in [0.25, 0.3) is 0 Å². The maximum Gasteiger partial charge on any atom is 0.217 e. The fourth-order valence-corrected chi connectivity index (χ4v) is 2.58. The minimum Gasteiger partial charge on any atom is -0.475 e. The Morgan fingerprint density at radius 2 is 2.24 bits per heavy atom. The molecule has 21 heavy (non-hydrogen) atoms. The second-order valence-electron chi connectivity index (χ2n) is 6.52. The van der Waals surface area contributed by atoms with Crippen LogP contribution in [-0.4, -0.2) is 29.8 Å². The summed E-state index contributed by atoms with van der Waals surface area (Å²) >= 11 is 3.47. The molecule has 1 aromatic heterocycles. The van der Waals surface area contributed by atoms with E-state index in [2.05, 4.69) is 53.1 Å². The number of ether oxygens (including phenoxy) is 2. The predicted molar refractivity (Wildman–Crippen MR) is 87.6 cm³/mol. The minimum absolute atomic E-state index is 0.0616. The Morgan fingerprint density at radius 3 is 2.90 bits per heavy atom. The van der Waals surface area contributed by atoms with Crippen LogP contribution in [0, 0.1) is 0 Å². The molecule has 5 heteroatoms. The number of pyridine rings is 1. The average Bonchev–Trinajstić information content (AvgIpc) is 2.44. The molecule has 1 aliphatic rings. The van der Waals surface area contributed by atoms with E-state index in [-0.39, 0.29) is 11.6 Å². The van der Waals surface area contributed by atoms with Gasteiger partial charge in [-0.1, -0.05) is 0 Å². The van der Waals surface area contributed by atoms with E-state index >= 15 is 0 Å². The number of halogens is 1. The van der Waals surface area contributed by atoms with E-state index in [4.69, 9.17) is 9.47 Å². The van der Waals surface area contributed by atoms with Gasteiger partial charge >= 0.3 is 0 Å². The third-order valence-corrected chi connectivity index (χ3v) is 3.81. The molecule has 118 valence electrons. The second kappa shape index (κ2) is 7.56. The van der Waals surface area contributed by atoms with Crippen molar-refractivity contribution < 1.29 is 9.47 Å². The van der Waals surface area contributed by atoms with Crippen LogP contribution in [-0.2, 0) is 11.3 Å². The highest BCUT2D eigenvalue weighted by molar-refractivity contribution is 9.10. The monoisotopic (exact) mass is 356 g/mol. The Balaban J connectivity index is 1.96. The summed E-state index contributed by atoms with van der Waals surface area (Å²) in [5.74, 6) is 0.698. The van der Waals surface area contributed by atoms with Crippen LogP contribution in [0.4, 0.5) is 0 Å². The van der Waals surface area contributed by atoms with E-state index < -0.39 is 0 Å². The Bertz CT molecular complexity index is 454. The number of aromatic nitrogens is 1. The Hall–Kier alpha value is -0.650. The van der Waals surface area contributed by atoms with Gasteiger partial charge in [0.2, 0.25) is 5.88 Å². The lowest BCUT2D eigenvalue weighted by atomic mass is 10.1. The van der Waals surface area contributed by atoms with E-state index in [1.165, 1.54) is 6.42 Å². The van der Waals surface area contributed by atoms with Crippen LogP contribution in [0.5, 0.6) is 5.88 Å². The van der Waals surface area contributed by atoms with Gasteiger partial charge < -0.3 is 14.8 Å². The van der Waals surface area contributed by atoms with Crippen molar-refractivity contribution in [1.29, 1.82) is 0 Å². The van der Waals surface area contributed by atoms with Crippen molar-refractivity contribution >= 4 is 15.9 Å². The molecule has 1 N–H and O–H groups in total. The van der Waals surface area contributed by atoms with Crippen LogP contribution >= 0.6 is 15.9 Å². The van der Waals surface area contributed by atoms with Crippen molar-refractivity contribution in [2.45, 2.75) is 58.2 Å². The van der Waals surface area contributed by atoms with Gasteiger partial charge in [-0.2, -0.15) is 0 Å². The topological polar surface area (TPSA) is 43.4 Å². The maximum atomic E-state index is 5.90. The lowest BCUT2D eigenvalue weighted by molar-refractivity contribution is -0.0121. The number of rotatable bonds is 5. The lowest BCUT2D eigenvalue weighted by Gasteiger charge is -2.24. The summed E-state index contributed by atoms with van der Waals surface area (Å²) in [6, 6.07) is 2.06. The third kappa shape index (κ3) is 5.93. The first-order valence-electron chi connectivity index (χ1n) is 7.58. The molecule has 1 fully saturated rings. The molecule has 0 radical (unpaired) electrons. The Morgan fingerprint density at radius 1 is 1.43 bits per heavy atom. The summed E-state index contributed by atoms with van der Waals surface area (Å²) < 4.78 is 12.6. The van der Waals surface area contributed by atoms with Gasteiger partial charge in [-0.25, -0.2) is 4.98 Å². The van der Waals surface area contributed by atoms with Gasteiger partial charge in [-0.15, -0.1) is 0 Å². The minimum atomic E-state index is 0.0616. The molecule has 0 aliphatic carbocycles. The van der Waals surface area contributed by atoms with Crippen molar-refractivity contribution in [3.8, 4) is 5.88 Å². The fraction of sp³-hybridized carbons (Fsp3) is 0.688. The molecule has 1 aliphatic heterocycles. The molecule has 2 rings (SSSR count). The first-order chi connectivity index (χ1) is 9.94. The largest absolute Gasteiger partial charge is 0.475 e. The number of hydrogen-bond donors (Lipinski definition) is 1. The molecule has 1 aromatic rings. The summed E-state index contributed by atoms with van der Waals surface area (Å²) in [5.41, 5.74) is 1.13. The van der Waals surface area contributed by atoms with E-state index in [0.717, 1.165) is 36.0 Å². The molecule has 4 nitrogen and oxygen atoms in total. The van der Waals surface area contributed by atoms with Crippen molar-refractivity contribution in [3.05, 3.63) is 22.3 Å². The van der Waals surface area contributed by atoms with Gasteiger partial charge in [-0.3, -0.25) is 0 Å². The molecule has 1 atom stereocenters. The molecular weight excluding hydrogens is 332 g/mol. The van der Waals surface area contributed by atoms with E-state index in [1.807, 2.05) is 0 Å². The summed E-state index contributed by atoms with van der Waals surface area (Å²) in [4.78, 5) is 4.40. The lowest BCUT2D eigenvalue weighted by Crippen LogP contribution is -2.35. The highest BCUT2D eigenvalue weighted by Crippen LogP contribution is 2.22. The quantitative estimate of drug-likeness (QED) is 0.873. The molecule has 0 aromatic carbocycles. The molecule has 0 saturated carbocycles. The van der Waals surface area contributed by atoms with Crippen LogP contribution in [0.2, 0.25) is 0 Å². The second-order valence-corrected chi connectivity index (χ2v) is 7.44. The molecule has 2 heterocycles. The molecule has 0 spiro atoms. The van der Waals surface area contributed by atoms with Crippen LogP contribution < -0.4 is 10.1 Å². The number of hydrogen-bond acceptors (Lipinski definition) is 4. The zero-order valence-electron chi connectivity index (χ0n) is 13.1. The summed E-state index contributed by atoms with van der Waals surface area (Å²) in [7, 11) is 0. The van der Waals surface area contributed by atoms with Crippen LogP contribution in [0.1, 0.15) is 45.6 Å². The zero-order valence-corrected chi connectivity index (χ0v) is 14.7. The first kappa shape index (κ1) is 16.7. The van der Waals surface area contributed by atoms with Gasteiger partial charge in [0.1, 0.15) is 6.61 Å².